The van der Waals surface area contributed by atoms with E-state index < -0.39 is 0 Å². The predicted molar refractivity (Wildman–Crippen MR) is 112 cm³/mol. The summed E-state index contributed by atoms with van der Waals surface area (Å²) in [6.07, 6.45) is 7.31. The fourth-order valence-corrected chi connectivity index (χ4v) is 4.01. The second kappa shape index (κ2) is 10.0. The number of anilines is 1. The summed E-state index contributed by atoms with van der Waals surface area (Å²) in [4.78, 5) is 12.4. The summed E-state index contributed by atoms with van der Waals surface area (Å²) in [6, 6.07) is 12.0. The summed E-state index contributed by atoms with van der Waals surface area (Å²) >= 11 is 0. The summed E-state index contributed by atoms with van der Waals surface area (Å²) in [6.45, 7) is 1.83. The molecule has 1 amide bonds. The van der Waals surface area contributed by atoms with Gasteiger partial charge in [-0.2, -0.15) is 5.10 Å². The predicted octanol–water partition coefficient (Wildman–Crippen LogP) is 3.66. The number of hydrogen-bond donors (Lipinski definition) is 2. The Labute approximate surface area is 172 Å². The van der Waals surface area contributed by atoms with Gasteiger partial charge in [0.05, 0.1) is 24.0 Å². The molecule has 2 N–H and O–H groups in total. The Morgan fingerprint density at radius 2 is 1.93 bits per heavy atom. The molecule has 0 bridgehead atoms. The number of carbonyl (C=O) groups is 1. The molecule has 1 saturated heterocycles. The van der Waals surface area contributed by atoms with Crippen molar-refractivity contribution in [1.82, 2.24) is 15.1 Å². The van der Waals surface area contributed by atoms with Gasteiger partial charge in [0.15, 0.2) is 0 Å². The first-order valence-electron chi connectivity index (χ1n) is 10.1. The van der Waals surface area contributed by atoms with Crippen molar-refractivity contribution in [1.29, 1.82) is 0 Å². The molecule has 1 aromatic heterocycles. The van der Waals surface area contributed by atoms with Crippen LogP contribution in [0.4, 0.5) is 5.82 Å². The van der Waals surface area contributed by atoms with Crippen molar-refractivity contribution in [2.45, 2.75) is 50.5 Å². The SMILES string of the molecule is Cl.O=C(CNCC1CCCO1)Nc1cc(C2CCCC2)nn1-c1ccccc1. The van der Waals surface area contributed by atoms with E-state index in [-0.39, 0.29) is 31.0 Å². The number of hydrogen-bond acceptors (Lipinski definition) is 4. The van der Waals surface area contributed by atoms with Gasteiger partial charge in [-0.15, -0.1) is 12.4 Å². The molecule has 2 fully saturated rings. The molecule has 6 nitrogen and oxygen atoms in total. The fourth-order valence-electron chi connectivity index (χ4n) is 4.01. The summed E-state index contributed by atoms with van der Waals surface area (Å²) in [5.41, 5.74) is 2.04. The Kier molecular flexibility index (Phi) is 7.48. The van der Waals surface area contributed by atoms with Crippen LogP contribution in [0, 0.1) is 0 Å². The van der Waals surface area contributed by atoms with Crippen molar-refractivity contribution in [2.24, 2.45) is 0 Å². The Hall–Kier alpha value is -1.89. The third-order valence-electron chi connectivity index (χ3n) is 5.45. The number of amides is 1. The monoisotopic (exact) mass is 404 g/mol. The van der Waals surface area contributed by atoms with Crippen LogP contribution < -0.4 is 10.6 Å². The number of rotatable bonds is 7. The van der Waals surface area contributed by atoms with E-state index in [9.17, 15) is 4.79 Å². The lowest BCUT2D eigenvalue weighted by atomic mass is 10.0. The van der Waals surface area contributed by atoms with Crippen LogP contribution in [0.25, 0.3) is 5.69 Å². The van der Waals surface area contributed by atoms with Gasteiger partial charge in [0.25, 0.3) is 0 Å². The Balaban J connectivity index is 0.00000225. The number of benzene rings is 1. The van der Waals surface area contributed by atoms with Crippen LogP contribution in [0.2, 0.25) is 0 Å². The second-order valence-corrected chi connectivity index (χ2v) is 7.50. The van der Waals surface area contributed by atoms with E-state index in [4.69, 9.17) is 9.84 Å². The minimum absolute atomic E-state index is 0. The van der Waals surface area contributed by atoms with Gasteiger partial charge in [-0.05, 0) is 37.8 Å². The van der Waals surface area contributed by atoms with Crippen molar-refractivity contribution in [3.63, 3.8) is 0 Å². The molecule has 1 atom stereocenters. The third kappa shape index (κ3) is 5.13. The minimum atomic E-state index is -0.0527. The number of carbonyl (C=O) groups excluding carboxylic acids is 1. The fraction of sp³-hybridized carbons (Fsp3) is 0.524. The van der Waals surface area contributed by atoms with Crippen molar-refractivity contribution in [2.75, 3.05) is 25.0 Å². The molecule has 2 heterocycles. The van der Waals surface area contributed by atoms with Gasteiger partial charge in [0.1, 0.15) is 5.82 Å². The van der Waals surface area contributed by atoms with E-state index in [1.54, 1.807) is 0 Å². The van der Waals surface area contributed by atoms with E-state index in [0.29, 0.717) is 5.92 Å². The van der Waals surface area contributed by atoms with Crippen molar-refractivity contribution < 1.29 is 9.53 Å². The van der Waals surface area contributed by atoms with E-state index in [1.807, 2.05) is 41.1 Å². The zero-order valence-corrected chi connectivity index (χ0v) is 16.9. The van der Waals surface area contributed by atoms with Crippen LogP contribution in [0.5, 0.6) is 0 Å². The van der Waals surface area contributed by atoms with Crippen molar-refractivity contribution in [3.8, 4) is 5.69 Å². The zero-order valence-electron chi connectivity index (χ0n) is 16.1. The normalized spacial score (nSPS) is 19.5. The molecule has 1 aromatic carbocycles. The third-order valence-corrected chi connectivity index (χ3v) is 5.45. The van der Waals surface area contributed by atoms with Gasteiger partial charge in [-0.1, -0.05) is 31.0 Å². The lowest BCUT2D eigenvalue weighted by Crippen LogP contribution is -2.33. The molecule has 1 aliphatic carbocycles. The largest absolute Gasteiger partial charge is 0.377 e. The highest BCUT2D eigenvalue weighted by Crippen LogP contribution is 2.35. The maximum atomic E-state index is 12.4. The van der Waals surface area contributed by atoms with E-state index >= 15 is 0 Å². The maximum absolute atomic E-state index is 12.4. The van der Waals surface area contributed by atoms with Crippen LogP contribution >= 0.6 is 12.4 Å². The van der Waals surface area contributed by atoms with Gasteiger partial charge in [-0.25, -0.2) is 4.68 Å². The highest BCUT2D eigenvalue weighted by atomic mass is 35.5. The van der Waals surface area contributed by atoms with Crippen LogP contribution in [-0.2, 0) is 9.53 Å². The van der Waals surface area contributed by atoms with Crippen molar-refractivity contribution in [3.05, 3.63) is 42.1 Å². The molecule has 7 heteroatoms. The zero-order chi connectivity index (χ0) is 18.5. The molecule has 0 radical (unpaired) electrons. The lowest BCUT2D eigenvalue weighted by molar-refractivity contribution is -0.115. The molecule has 0 spiro atoms. The number of nitrogens with zero attached hydrogens (tertiary/aromatic N) is 2. The van der Waals surface area contributed by atoms with Crippen LogP contribution in [0.1, 0.15) is 50.1 Å². The summed E-state index contributed by atoms with van der Waals surface area (Å²) < 4.78 is 7.43. The second-order valence-electron chi connectivity index (χ2n) is 7.50. The standard InChI is InChI=1S/C21H28N4O2.ClH/c26-21(15-22-14-18-11-6-12-27-18)23-20-13-19(16-7-4-5-8-16)24-25(20)17-9-2-1-3-10-17;/h1-3,9-10,13,16,18,22H,4-8,11-12,14-15H2,(H,23,26);1H. The number of nitrogens with one attached hydrogen (secondary N) is 2. The van der Waals surface area contributed by atoms with Gasteiger partial charge in [0, 0.05) is 25.1 Å². The number of ether oxygens (including phenoxy) is 1. The minimum Gasteiger partial charge on any atom is -0.377 e. The smallest absolute Gasteiger partial charge is 0.239 e. The summed E-state index contributed by atoms with van der Waals surface area (Å²) in [5.74, 6) is 1.19. The average Bonchev–Trinajstić information content (AvgIpc) is 3.44. The highest BCUT2D eigenvalue weighted by molar-refractivity contribution is 5.91. The molecule has 2 aliphatic rings. The van der Waals surface area contributed by atoms with E-state index in [1.165, 1.54) is 25.7 Å². The van der Waals surface area contributed by atoms with E-state index in [0.717, 1.165) is 43.2 Å². The molecule has 152 valence electrons. The first-order valence-corrected chi connectivity index (χ1v) is 10.1. The molecule has 4 rings (SSSR count). The number of para-hydroxylation sites is 1. The molecular formula is C21H29ClN4O2. The number of halogens is 1. The first kappa shape index (κ1) is 20.8. The molecular weight excluding hydrogens is 376 g/mol. The molecule has 1 saturated carbocycles. The molecule has 1 aliphatic heterocycles. The van der Waals surface area contributed by atoms with Gasteiger partial charge in [-0.3, -0.25) is 4.79 Å². The van der Waals surface area contributed by atoms with Crippen LogP contribution in [0.3, 0.4) is 0 Å². The van der Waals surface area contributed by atoms with Crippen LogP contribution in [0.15, 0.2) is 36.4 Å². The topological polar surface area (TPSA) is 68.2 Å². The van der Waals surface area contributed by atoms with Gasteiger partial charge in [0.2, 0.25) is 5.91 Å². The van der Waals surface area contributed by atoms with E-state index in [2.05, 4.69) is 10.6 Å². The number of aromatic nitrogens is 2. The molecule has 28 heavy (non-hydrogen) atoms. The highest BCUT2D eigenvalue weighted by Gasteiger charge is 2.22. The average molecular weight is 405 g/mol. The van der Waals surface area contributed by atoms with Gasteiger partial charge < -0.3 is 15.4 Å². The summed E-state index contributed by atoms with van der Waals surface area (Å²) in [5, 5.41) is 11.1. The Morgan fingerprint density at radius 3 is 2.64 bits per heavy atom. The quantitative estimate of drug-likeness (QED) is 0.739. The molecule has 2 aromatic rings. The Morgan fingerprint density at radius 1 is 1.14 bits per heavy atom. The maximum Gasteiger partial charge on any atom is 0.239 e. The lowest BCUT2D eigenvalue weighted by Gasteiger charge is -2.11. The summed E-state index contributed by atoms with van der Waals surface area (Å²) in [7, 11) is 0. The Bertz CT molecular complexity index is 753. The molecule has 1 unspecified atom stereocenters. The van der Waals surface area contributed by atoms with Gasteiger partial charge >= 0.3 is 0 Å². The van der Waals surface area contributed by atoms with Crippen LogP contribution in [-0.4, -0.2) is 41.5 Å². The van der Waals surface area contributed by atoms with Crippen molar-refractivity contribution >= 4 is 24.1 Å². The first-order chi connectivity index (χ1) is 13.3.